The average Bonchev–Trinajstić information content (AvgIpc) is 2.79. The van der Waals surface area contributed by atoms with Crippen molar-refractivity contribution in [3.63, 3.8) is 0 Å². The van der Waals surface area contributed by atoms with Crippen LogP contribution in [-0.2, 0) is 4.79 Å². The molecule has 2 atom stereocenters. The zero-order valence-corrected chi connectivity index (χ0v) is 15.2. The number of rotatable bonds is 5. The summed E-state index contributed by atoms with van der Waals surface area (Å²) in [5, 5.41) is 2.89. The molecule has 0 saturated carbocycles. The summed E-state index contributed by atoms with van der Waals surface area (Å²) in [5.41, 5.74) is 0.394. The second-order valence-electron chi connectivity index (χ2n) is 7.30. The zero-order valence-electron chi connectivity index (χ0n) is 15.2. The van der Waals surface area contributed by atoms with Crippen molar-refractivity contribution in [1.29, 1.82) is 0 Å². The minimum absolute atomic E-state index is 0.125. The molecule has 1 N–H and O–H groups in total. The van der Waals surface area contributed by atoms with Gasteiger partial charge in [-0.15, -0.1) is 0 Å². The van der Waals surface area contributed by atoms with Crippen LogP contribution in [0.1, 0.15) is 25.3 Å². The summed E-state index contributed by atoms with van der Waals surface area (Å²) in [6.45, 7) is 7.14. The Bertz CT molecular complexity index is 663. The quantitative estimate of drug-likeness (QED) is 0.830. The number of imide groups is 1. The number of urea groups is 1. The number of benzene rings is 1. The van der Waals surface area contributed by atoms with E-state index in [-0.39, 0.29) is 17.9 Å². The molecule has 2 aliphatic heterocycles. The molecule has 0 radical (unpaired) electrons. The smallest absolute Gasteiger partial charge is 0.324 e. The Labute approximate surface area is 149 Å². The first kappa shape index (κ1) is 17.7. The number of carbonyl (C=O) groups excluding carboxylic acids is 2. The monoisotopic (exact) mass is 345 g/mol. The third kappa shape index (κ3) is 3.63. The Morgan fingerprint density at radius 2 is 2.16 bits per heavy atom. The number of hydrogen-bond acceptors (Lipinski definition) is 4. The molecule has 1 aromatic carbocycles. The van der Waals surface area contributed by atoms with Crippen LogP contribution in [0.3, 0.4) is 0 Å². The normalized spacial score (nSPS) is 27.5. The third-order valence-corrected chi connectivity index (χ3v) is 5.41. The van der Waals surface area contributed by atoms with Gasteiger partial charge in [0.25, 0.3) is 5.91 Å². The van der Waals surface area contributed by atoms with Gasteiger partial charge in [0.1, 0.15) is 17.9 Å². The van der Waals surface area contributed by atoms with Crippen LogP contribution >= 0.6 is 0 Å². The van der Waals surface area contributed by atoms with Gasteiger partial charge in [0.15, 0.2) is 0 Å². The van der Waals surface area contributed by atoms with Crippen LogP contribution < -0.4 is 10.1 Å². The van der Waals surface area contributed by atoms with Gasteiger partial charge in [0, 0.05) is 26.1 Å². The molecule has 2 aliphatic rings. The maximum atomic E-state index is 12.5. The van der Waals surface area contributed by atoms with Gasteiger partial charge in [0.05, 0.1) is 0 Å². The second kappa shape index (κ2) is 7.04. The molecule has 6 heteroatoms. The van der Waals surface area contributed by atoms with Crippen LogP contribution in [-0.4, -0.2) is 60.6 Å². The number of likely N-dealkylation sites (N-methyl/N-ethyl adjacent to an activating group) is 1. The van der Waals surface area contributed by atoms with Gasteiger partial charge in [0.2, 0.25) is 0 Å². The molecule has 0 aliphatic carbocycles. The van der Waals surface area contributed by atoms with Gasteiger partial charge >= 0.3 is 6.03 Å². The number of ether oxygens (including phenoxy) is 1. The van der Waals surface area contributed by atoms with E-state index in [9.17, 15) is 9.59 Å². The highest BCUT2D eigenvalue weighted by Crippen LogP contribution is 2.31. The molecule has 2 saturated heterocycles. The number of hydrogen-bond donors (Lipinski definition) is 1. The van der Waals surface area contributed by atoms with Crippen molar-refractivity contribution < 1.29 is 14.3 Å². The van der Waals surface area contributed by atoms with Crippen molar-refractivity contribution in [2.24, 2.45) is 5.92 Å². The zero-order chi connectivity index (χ0) is 18.0. The Kier molecular flexibility index (Phi) is 4.99. The van der Waals surface area contributed by atoms with Crippen LogP contribution in [0.4, 0.5) is 4.79 Å². The Morgan fingerprint density at radius 1 is 1.36 bits per heavy atom. The van der Waals surface area contributed by atoms with E-state index < -0.39 is 5.54 Å². The topological polar surface area (TPSA) is 61.9 Å². The Hall–Kier alpha value is -2.08. The molecule has 2 heterocycles. The maximum Gasteiger partial charge on any atom is 0.324 e. The average molecular weight is 345 g/mol. The standard InChI is InChI=1S/C19H27N3O3/c1-14-6-4-8-16(12-14)25-11-10-22-9-5-7-15(13-22)19(2)17(23)21(3)18(24)20-19/h4,6,8,12,15H,5,7,9-11,13H2,1-3H3,(H,20,24)/t15-,19+/m0/s1. The van der Waals surface area contributed by atoms with E-state index in [4.69, 9.17) is 4.74 Å². The Morgan fingerprint density at radius 3 is 2.84 bits per heavy atom. The molecule has 0 aromatic heterocycles. The van der Waals surface area contributed by atoms with Crippen molar-refractivity contribution in [1.82, 2.24) is 15.1 Å². The van der Waals surface area contributed by atoms with Crippen molar-refractivity contribution >= 4 is 11.9 Å². The van der Waals surface area contributed by atoms with E-state index in [1.54, 1.807) is 7.05 Å². The van der Waals surface area contributed by atoms with Crippen molar-refractivity contribution in [3.05, 3.63) is 29.8 Å². The molecule has 0 bridgehead atoms. The number of carbonyl (C=O) groups is 2. The first-order valence-electron chi connectivity index (χ1n) is 8.92. The second-order valence-corrected chi connectivity index (χ2v) is 7.30. The van der Waals surface area contributed by atoms with Crippen LogP contribution in [0.5, 0.6) is 5.75 Å². The molecule has 1 aromatic rings. The lowest BCUT2D eigenvalue weighted by molar-refractivity contribution is -0.132. The molecule has 136 valence electrons. The summed E-state index contributed by atoms with van der Waals surface area (Å²) in [6.07, 6.45) is 1.98. The molecule has 3 amide bonds. The first-order valence-corrected chi connectivity index (χ1v) is 8.92. The highest BCUT2D eigenvalue weighted by Gasteiger charge is 2.51. The first-order chi connectivity index (χ1) is 11.9. The van der Waals surface area contributed by atoms with Gasteiger partial charge in [-0.2, -0.15) is 0 Å². The van der Waals surface area contributed by atoms with Crippen LogP contribution in [0.15, 0.2) is 24.3 Å². The summed E-state index contributed by atoms with van der Waals surface area (Å²) in [4.78, 5) is 27.8. The molecule has 2 fully saturated rings. The molecule has 25 heavy (non-hydrogen) atoms. The fourth-order valence-electron chi connectivity index (χ4n) is 3.80. The third-order valence-electron chi connectivity index (χ3n) is 5.41. The minimum atomic E-state index is -0.790. The lowest BCUT2D eigenvalue weighted by atomic mass is 9.80. The fourth-order valence-corrected chi connectivity index (χ4v) is 3.80. The molecular weight excluding hydrogens is 318 g/mol. The van der Waals surface area contributed by atoms with E-state index in [0.29, 0.717) is 6.61 Å². The number of aryl methyl sites for hydroxylation is 1. The van der Waals surface area contributed by atoms with E-state index in [2.05, 4.69) is 10.2 Å². The van der Waals surface area contributed by atoms with Gasteiger partial charge in [-0.05, 0) is 50.9 Å². The van der Waals surface area contributed by atoms with Crippen LogP contribution in [0, 0.1) is 12.8 Å². The fraction of sp³-hybridized carbons (Fsp3) is 0.579. The van der Waals surface area contributed by atoms with E-state index in [1.165, 1.54) is 10.5 Å². The predicted molar refractivity (Wildman–Crippen MR) is 95.5 cm³/mol. The lowest BCUT2D eigenvalue weighted by Gasteiger charge is -2.39. The highest BCUT2D eigenvalue weighted by molar-refractivity contribution is 6.06. The Balaban J connectivity index is 1.55. The number of amides is 3. The maximum absolute atomic E-state index is 12.5. The van der Waals surface area contributed by atoms with E-state index in [0.717, 1.165) is 38.2 Å². The number of nitrogens with zero attached hydrogens (tertiary/aromatic N) is 2. The van der Waals surface area contributed by atoms with Crippen molar-refractivity contribution in [3.8, 4) is 5.75 Å². The van der Waals surface area contributed by atoms with Gasteiger partial charge in [-0.25, -0.2) is 4.79 Å². The number of nitrogens with one attached hydrogen (secondary N) is 1. The van der Waals surface area contributed by atoms with Gasteiger partial charge in [-0.3, -0.25) is 14.6 Å². The largest absolute Gasteiger partial charge is 0.492 e. The molecule has 6 nitrogen and oxygen atoms in total. The van der Waals surface area contributed by atoms with Crippen LogP contribution in [0.2, 0.25) is 0 Å². The molecule has 0 spiro atoms. The summed E-state index contributed by atoms with van der Waals surface area (Å²) in [7, 11) is 1.54. The molecular formula is C19H27N3O3. The lowest BCUT2D eigenvalue weighted by Crippen LogP contribution is -2.56. The highest BCUT2D eigenvalue weighted by atomic mass is 16.5. The SMILES string of the molecule is Cc1cccc(OCCN2CCC[C@H]([C@@]3(C)NC(=O)N(C)C3=O)C2)c1. The molecule has 0 unspecified atom stereocenters. The van der Waals surface area contributed by atoms with Crippen LogP contribution in [0.25, 0.3) is 0 Å². The van der Waals surface area contributed by atoms with Crippen molar-refractivity contribution in [2.75, 3.05) is 33.3 Å². The summed E-state index contributed by atoms with van der Waals surface area (Å²) in [6, 6.07) is 7.74. The summed E-state index contributed by atoms with van der Waals surface area (Å²) in [5.74, 6) is 0.891. The van der Waals surface area contributed by atoms with E-state index >= 15 is 0 Å². The van der Waals surface area contributed by atoms with Gasteiger partial charge < -0.3 is 10.1 Å². The predicted octanol–water partition coefficient (Wildman–Crippen LogP) is 2.03. The number of piperidine rings is 1. The summed E-state index contributed by atoms with van der Waals surface area (Å²) < 4.78 is 5.84. The van der Waals surface area contributed by atoms with Crippen molar-refractivity contribution in [2.45, 2.75) is 32.2 Å². The van der Waals surface area contributed by atoms with Gasteiger partial charge in [-0.1, -0.05) is 12.1 Å². The van der Waals surface area contributed by atoms with E-state index in [1.807, 2.05) is 38.1 Å². The molecule has 3 rings (SSSR count). The minimum Gasteiger partial charge on any atom is -0.492 e. The summed E-state index contributed by atoms with van der Waals surface area (Å²) >= 11 is 0. The number of likely N-dealkylation sites (tertiary alicyclic amines) is 1.